The van der Waals surface area contributed by atoms with Crippen molar-refractivity contribution in [2.75, 3.05) is 50.7 Å². The number of ether oxygens (including phenoxy) is 7. The summed E-state index contributed by atoms with van der Waals surface area (Å²) in [6.07, 6.45) is -8.07. The lowest BCUT2D eigenvalue weighted by Crippen LogP contribution is -2.63. The fourth-order valence-electron chi connectivity index (χ4n) is 6.81. The van der Waals surface area contributed by atoms with Crippen molar-refractivity contribution in [3.63, 3.8) is 0 Å². The number of esters is 4. The molecule has 0 unspecified atom stereocenters. The Labute approximate surface area is 360 Å². The summed E-state index contributed by atoms with van der Waals surface area (Å²) in [5, 5.41) is 10.4. The van der Waals surface area contributed by atoms with Crippen LogP contribution in [-0.2, 0) is 58.0 Å². The highest BCUT2D eigenvalue weighted by Gasteiger charge is 2.53. The van der Waals surface area contributed by atoms with Crippen LogP contribution in [0, 0.1) is 6.92 Å². The van der Waals surface area contributed by atoms with Crippen molar-refractivity contribution in [2.45, 2.75) is 71.2 Å². The average Bonchev–Trinajstić information content (AvgIpc) is 3.61. The van der Waals surface area contributed by atoms with Gasteiger partial charge < -0.3 is 52.2 Å². The second-order valence-electron chi connectivity index (χ2n) is 13.8. The summed E-state index contributed by atoms with van der Waals surface area (Å²) in [5.41, 5.74) is 10.6. The largest absolute Gasteiger partial charge is 0.501 e. The van der Waals surface area contributed by atoms with E-state index in [-0.39, 0.29) is 43.5 Å². The first-order chi connectivity index (χ1) is 29.5. The average molecular weight is 906 g/mol. The van der Waals surface area contributed by atoms with Crippen LogP contribution in [0.25, 0.3) is 21.2 Å². The van der Waals surface area contributed by atoms with Gasteiger partial charge in [-0.15, -0.1) is 20.0 Å². The second-order valence-corrected chi connectivity index (χ2v) is 15.3. The number of azide groups is 1. The molecule has 334 valence electrons. The quantitative estimate of drug-likeness (QED) is 0.0326. The zero-order valence-electron chi connectivity index (χ0n) is 34.1. The molecule has 0 saturated carbocycles. The standard InChI is InChI=1S/C39H44ClN5O16S/c1-20-7-6-8-27-30(16-28-34(33(20)27)26(17-40)18-43-28)60-62(51,52)61-31-15-25(38(50)42-11-13-53-14-12-44-45-41)9-10-29(31)58-39-37(57-24(5)49)36(56-23(4)48)35(55-22(3)47)32(59-39)19-54-21(2)46/h6-10,15-16,26,32,35-37,39,43H,11-14,17-19H2,1-5H3,(H,42,50)/t26-,32-,35+,36+,37-,39-/m1/s1. The highest BCUT2D eigenvalue weighted by Crippen LogP contribution is 2.44. The van der Waals surface area contributed by atoms with Gasteiger partial charge in [0.1, 0.15) is 12.7 Å². The number of hydrogen-bond acceptors (Lipinski definition) is 18. The number of carbonyl (C=O) groups is 5. The van der Waals surface area contributed by atoms with Gasteiger partial charge in [-0.1, -0.05) is 23.3 Å². The summed E-state index contributed by atoms with van der Waals surface area (Å²) in [6, 6.07) is 10.2. The van der Waals surface area contributed by atoms with Crippen molar-refractivity contribution in [3.05, 3.63) is 69.6 Å². The van der Waals surface area contributed by atoms with Crippen molar-refractivity contribution in [3.8, 4) is 17.2 Å². The molecule has 0 aromatic heterocycles. The van der Waals surface area contributed by atoms with E-state index in [1.807, 2.05) is 13.0 Å². The van der Waals surface area contributed by atoms with Crippen molar-refractivity contribution in [2.24, 2.45) is 5.11 Å². The maximum Gasteiger partial charge on any atom is 0.501 e. The van der Waals surface area contributed by atoms with E-state index in [1.54, 1.807) is 12.1 Å². The zero-order chi connectivity index (χ0) is 45.1. The summed E-state index contributed by atoms with van der Waals surface area (Å²) in [7, 11) is -5.11. The van der Waals surface area contributed by atoms with E-state index >= 15 is 0 Å². The van der Waals surface area contributed by atoms with Crippen molar-refractivity contribution < 1.29 is 73.9 Å². The molecule has 62 heavy (non-hydrogen) atoms. The van der Waals surface area contributed by atoms with Crippen LogP contribution >= 0.6 is 11.6 Å². The predicted octanol–water partition coefficient (Wildman–Crippen LogP) is 4.12. The van der Waals surface area contributed by atoms with Crippen LogP contribution in [0.3, 0.4) is 0 Å². The van der Waals surface area contributed by atoms with Gasteiger partial charge >= 0.3 is 34.3 Å². The summed E-state index contributed by atoms with van der Waals surface area (Å²) >= 11 is 6.29. The number of alkyl halides is 1. The number of benzene rings is 3. The van der Waals surface area contributed by atoms with Gasteiger partial charge in [0.15, 0.2) is 29.5 Å². The lowest BCUT2D eigenvalue weighted by atomic mass is 9.92. The fourth-order valence-corrected chi connectivity index (χ4v) is 7.81. The number of aryl methyl sites for hydroxylation is 1. The first-order valence-electron chi connectivity index (χ1n) is 19.0. The Bertz CT molecular complexity index is 2340. The zero-order valence-corrected chi connectivity index (χ0v) is 35.7. The lowest BCUT2D eigenvalue weighted by Gasteiger charge is -2.43. The van der Waals surface area contributed by atoms with Crippen LogP contribution in [0.2, 0.25) is 0 Å². The highest BCUT2D eigenvalue weighted by molar-refractivity contribution is 7.82. The number of nitrogens with one attached hydrogen (secondary N) is 2. The number of halogens is 1. The number of amides is 1. The maximum absolute atomic E-state index is 13.9. The first kappa shape index (κ1) is 47.0. The van der Waals surface area contributed by atoms with Crippen LogP contribution in [0.15, 0.2) is 47.6 Å². The summed E-state index contributed by atoms with van der Waals surface area (Å²) in [6.45, 7) is 6.23. The second kappa shape index (κ2) is 21.1. The number of fused-ring (bicyclic) bond motifs is 3. The SMILES string of the molecule is CC(=O)OC[C@H]1O[C@@H](Oc2ccc(C(=O)NCCOCCN=[N+]=[N-])cc2OS(=O)(=O)Oc2cc3c(c4c(C)cccc24)[C@H](CCl)CN3)[C@H](OC(C)=O)[C@@H](OC(C)=O)[C@H]1OC(C)=O. The van der Waals surface area contributed by atoms with Crippen LogP contribution in [-0.4, -0.2) is 114 Å². The minimum Gasteiger partial charge on any atom is -0.463 e. The molecule has 21 nitrogen and oxygen atoms in total. The topological polar surface area (TPSA) is 275 Å². The van der Waals surface area contributed by atoms with Crippen molar-refractivity contribution >= 4 is 68.2 Å². The summed E-state index contributed by atoms with van der Waals surface area (Å²) in [4.78, 5) is 64.8. The molecule has 2 N–H and O–H groups in total. The number of nitrogens with zero attached hydrogens (tertiary/aromatic N) is 3. The van der Waals surface area contributed by atoms with Gasteiger partial charge in [-0.05, 0) is 47.2 Å². The predicted molar refractivity (Wildman–Crippen MR) is 217 cm³/mol. The van der Waals surface area contributed by atoms with E-state index in [4.69, 9.17) is 58.7 Å². The smallest absolute Gasteiger partial charge is 0.463 e. The van der Waals surface area contributed by atoms with E-state index in [1.165, 1.54) is 12.1 Å². The third-order valence-electron chi connectivity index (χ3n) is 9.22. The fraction of sp³-hybridized carbons (Fsp3) is 0.462. The molecule has 1 saturated heterocycles. The molecule has 2 aliphatic rings. The molecule has 0 spiro atoms. The summed E-state index contributed by atoms with van der Waals surface area (Å²) < 4.78 is 78.0. The molecule has 1 amide bonds. The third-order valence-corrected chi connectivity index (χ3v) is 10.4. The summed E-state index contributed by atoms with van der Waals surface area (Å²) in [5.74, 6) is -5.05. The maximum atomic E-state index is 13.9. The molecule has 2 aliphatic heterocycles. The van der Waals surface area contributed by atoms with Gasteiger partial charge in [0.2, 0.25) is 12.4 Å². The minimum absolute atomic E-state index is 0.000870. The number of rotatable bonds is 19. The Morgan fingerprint density at radius 1 is 0.903 bits per heavy atom. The Morgan fingerprint density at radius 3 is 2.27 bits per heavy atom. The number of carbonyl (C=O) groups excluding carboxylic acids is 5. The Hall–Kier alpha value is -6.06. The molecule has 3 aromatic carbocycles. The molecule has 5 rings (SSSR count). The molecule has 6 atom stereocenters. The Morgan fingerprint density at radius 2 is 1.60 bits per heavy atom. The number of hydrogen-bond donors (Lipinski definition) is 2. The highest BCUT2D eigenvalue weighted by atomic mass is 35.5. The minimum atomic E-state index is -5.11. The van der Waals surface area contributed by atoms with E-state index in [9.17, 15) is 32.4 Å². The van der Waals surface area contributed by atoms with E-state index in [0.29, 0.717) is 23.5 Å². The molecule has 1 fully saturated rings. The molecule has 0 aliphatic carbocycles. The van der Waals surface area contributed by atoms with Crippen LogP contribution in [0.4, 0.5) is 5.69 Å². The van der Waals surface area contributed by atoms with E-state index < -0.39 is 89.0 Å². The van der Waals surface area contributed by atoms with Crippen LogP contribution < -0.4 is 23.7 Å². The number of anilines is 1. The molecule has 23 heteroatoms. The molecule has 0 radical (unpaired) electrons. The molecular formula is C39H44ClN5O16S. The van der Waals surface area contributed by atoms with Crippen molar-refractivity contribution in [1.82, 2.24) is 5.32 Å². The molecule has 2 heterocycles. The Balaban J connectivity index is 1.54. The van der Waals surface area contributed by atoms with Crippen LogP contribution in [0.5, 0.6) is 17.2 Å². The van der Waals surface area contributed by atoms with E-state index in [0.717, 1.165) is 56.3 Å². The molecule has 3 aromatic rings. The molecular weight excluding hydrogens is 862 g/mol. The third kappa shape index (κ3) is 12.1. The van der Waals surface area contributed by atoms with Gasteiger partial charge in [-0.3, -0.25) is 24.0 Å². The molecule has 0 bridgehead atoms. The van der Waals surface area contributed by atoms with Gasteiger partial charge in [-0.25, -0.2) is 0 Å². The lowest BCUT2D eigenvalue weighted by molar-refractivity contribution is -0.288. The van der Waals surface area contributed by atoms with Crippen molar-refractivity contribution in [1.29, 1.82) is 0 Å². The monoisotopic (exact) mass is 905 g/mol. The van der Waals surface area contributed by atoms with E-state index in [2.05, 4.69) is 20.7 Å². The Kier molecular flexibility index (Phi) is 16.0. The van der Waals surface area contributed by atoms with Gasteiger partial charge in [-0.2, -0.15) is 0 Å². The normalized spacial score (nSPS) is 20.4. The van der Waals surface area contributed by atoms with Gasteiger partial charge in [0.25, 0.3) is 5.91 Å². The van der Waals surface area contributed by atoms with Crippen LogP contribution in [0.1, 0.15) is 55.1 Å². The van der Waals surface area contributed by atoms with Gasteiger partial charge in [0.05, 0.1) is 13.2 Å². The van der Waals surface area contributed by atoms with Gasteiger partial charge in [0, 0.05) is 86.7 Å². The first-order valence-corrected chi connectivity index (χ1v) is 20.9.